The number of likely N-dealkylation sites (tertiary alicyclic amines) is 1. The lowest BCUT2D eigenvalue weighted by Gasteiger charge is -2.56. The Balaban J connectivity index is 1.08. The monoisotopic (exact) mass is 414 g/mol. The first-order chi connectivity index (χ1) is 14.4. The van der Waals surface area contributed by atoms with E-state index in [0.29, 0.717) is 19.4 Å². The maximum absolute atomic E-state index is 12.4. The lowest BCUT2D eigenvalue weighted by atomic mass is 9.49. The van der Waals surface area contributed by atoms with Crippen LogP contribution in [0.3, 0.4) is 0 Å². The van der Waals surface area contributed by atoms with Crippen LogP contribution in [0.4, 0.5) is 0 Å². The van der Waals surface area contributed by atoms with E-state index in [1.807, 2.05) is 12.2 Å². The predicted molar refractivity (Wildman–Crippen MR) is 107 cm³/mol. The molecule has 0 radical (unpaired) electrons. The zero-order chi connectivity index (χ0) is 20.9. The lowest BCUT2D eigenvalue weighted by Crippen LogP contribution is -2.51. The third-order valence-corrected chi connectivity index (χ3v) is 8.08. The van der Waals surface area contributed by atoms with E-state index >= 15 is 0 Å². The number of rotatable bonds is 6. The minimum absolute atomic E-state index is 0.229. The van der Waals surface area contributed by atoms with Gasteiger partial charge in [-0.2, -0.15) is 0 Å². The normalized spacial score (nSPS) is 38.7. The zero-order valence-electron chi connectivity index (χ0n) is 17.3. The van der Waals surface area contributed by atoms with E-state index in [1.54, 1.807) is 0 Å². The number of esters is 1. The van der Waals surface area contributed by atoms with Crippen LogP contribution in [0.2, 0.25) is 0 Å². The van der Waals surface area contributed by atoms with E-state index < -0.39 is 12.5 Å². The van der Waals surface area contributed by atoms with Crippen LogP contribution >= 0.6 is 0 Å². The number of fused-ring (bicyclic) bond motifs is 1. The second-order valence-corrected chi connectivity index (χ2v) is 10.3. The highest BCUT2D eigenvalue weighted by molar-refractivity contribution is 6.07. The highest BCUT2D eigenvalue weighted by atomic mass is 16.5. The van der Waals surface area contributed by atoms with Gasteiger partial charge in [-0.25, -0.2) is 0 Å². The Bertz CT molecular complexity index is 742. The summed E-state index contributed by atoms with van der Waals surface area (Å²) in [7, 11) is 0. The molecule has 162 valence electrons. The molecule has 0 aromatic carbocycles. The van der Waals surface area contributed by atoms with E-state index in [1.165, 1.54) is 38.5 Å². The van der Waals surface area contributed by atoms with Gasteiger partial charge in [0.1, 0.15) is 6.54 Å². The number of nitrogens with one attached hydrogen (secondary N) is 1. The Hall–Kier alpha value is -2.18. The number of carbonyl (C=O) groups excluding carboxylic acids is 4. The number of nitrogens with zero attached hydrogens (tertiary/aromatic N) is 1. The summed E-state index contributed by atoms with van der Waals surface area (Å²) in [4.78, 5) is 50.3. The molecular weight excluding hydrogens is 384 g/mol. The molecule has 2 atom stereocenters. The topological polar surface area (TPSA) is 92.8 Å². The first kappa shape index (κ1) is 19.8. The van der Waals surface area contributed by atoms with Gasteiger partial charge < -0.3 is 10.1 Å². The minimum Gasteiger partial charge on any atom is -0.454 e. The number of ether oxygens (including phenoxy) is 1. The van der Waals surface area contributed by atoms with Crippen LogP contribution in [0.25, 0.3) is 0 Å². The van der Waals surface area contributed by atoms with Gasteiger partial charge in [0, 0.05) is 6.54 Å². The SMILES string of the molecule is O=C(COC(=O)CN1C(=O)[C@@H]2CC=CC[C@H]2C1=O)NCC12CC3CC(CC(C3)C1)C2. The van der Waals surface area contributed by atoms with Crippen molar-refractivity contribution >= 4 is 23.7 Å². The Morgan fingerprint density at radius 1 is 0.967 bits per heavy atom. The Morgan fingerprint density at radius 3 is 2.03 bits per heavy atom. The lowest BCUT2D eigenvalue weighted by molar-refractivity contribution is -0.155. The fraction of sp³-hybridized carbons (Fsp3) is 0.739. The van der Waals surface area contributed by atoms with Gasteiger partial charge >= 0.3 is 5.97 Å². The van der Waals surface area contributed by atoms with E-state index in [4.69, 9.17) is 4.74 Å². The zero-order valence-corrected chi connectivity index (χ0v) is 17.3. The van der Waals surface area contributed by atoms with Gasteiger partial charge in [-0.1, -0.05) is 12.2 Å². The molecule has 6 aliphatic rings. The van der Waals surface area contributed by atoms with Gasteiger partial charge in [0.25, 0.3) is 5.91 Å². The van der Waals surface area contributed by atoms with Crippen molar-refractivity contribution in [1.29, 1.82) is 0 Å². The summed E-state index contributed by atoms with van der Waals surface area (Å²) >= 11 is 0. The summed E-state index contributed by atoms with van der Waals surface area (Å²) in [5.41, 5.74) is 0.229. The van der Waals surface area contributed by atoms with Crippen LogP contribution in [0.5, 0.6) is 0 Å². The molecule has 6 rings (SSSR count). The second kappa shape index (κ2) is 7.50. The molecule has 1 heterocycles. The van der Waals surface area contributed by atoms with Gasteiger partial charge in [-0.3, -0.25) is 24.1 Å². The fourth-order valence-electron chi connectivity index (χ4n) is 7.19. The number of hydrogen-bond donors (Lipinski definition) is 1. The van der Waals surface area contributed by atoms with Crippen molar-refractivity contribution in [3.05, 3.63) is 12.2 Å². The van der Waals surface area contributed by atoms with Crippen molar-refractivity contribution in [2.24, 2.45) is 35.0 Å². The fourth-order valence-corrected chi connectivity index (χ4v) is 7.19. The number of amides is 3. The molecular formula is C23H30N2O5. The van der Waals surface area contributed by atoms with E-state index in [-0.39, 0.29) is 41.6 Å². The average Bonchev–Trinajstić information content (AvgIpc) is 2.95. The molecule has 1 N–H and O–H groups in total. The molecule has 0 unspecified atom stereocenters. The summed E-state index contributed by atoms with van der Waals surface area (Å²) in [5, 5.41) is 2.97. The molecule has 4 bridgehead atoms. The first-order valence-electron chi connectivity index (χ1n) is 11.3. The Labute approximate surface area is 176 Å². The van der Waals surface area contributed by atoms with Gasteiger partial charge in [-0.05, 0) is 74.5 Å². The summed E-state index contributed by atoms with van der Waals surface area (Å²) in [6.07, 6.45) is 12.6. The van der Waals surface area contributed by atoms with Crippen LogP contribution in [0.15, 0.2) is 12.2 Å². The van der Waals surface area contributed by atoms with Crippen LogP contribution in [0, 0.1) is 35.0 Å². The van der Waals surface area contributed by atoms with Crippen molar-refractivity contribution in [3.8, 4) is 0 Å². The molecule has 0 spiro atoms. The summed E-state index contributed by atoms with van der Waals surface area (Å²) in [5.74, 6) is 0.0958. The highest BCUT2D eigenvalue weighted by Crippen LogP contribution is 2.59. The van der Waals surface area contributed by atoms with Crippen molar-refractivity contribution in [2.45, 2.75) is 51.4 Å². The molecule has 4 saturated carbocycles. The minimum atomic E-state index is -0.715. The van der Waals surface area contributed by atoms with Gasteiger partial charge in [0.05, 0.1) is 11.8 Å². The smallest absolute Gasteiger partial charge is 0.326 e. The molecule has 3 amide bonds. The summed E-state index contributed by atoms with van der Waals surface area (Å²) in [6, 6.07) is 0. The van der Waals surface area contributed by atoms with Crippen LogP contribution in [0.1, 0.15) is 51.4 Å². The summed E-state index contributed by atoms with van der Waals surface area (Å²) < 4.78 is 5.07. The molecule has 5 aliphatic carbocycles. The predicted octanol–water partition coefficient (Wildman–Crippen LogP) is 1.81. The van der Waals surface area contributed by atoms with Crippen molar-refractivity contribution in [1.82, 2.24) is 10.2 Å². The van der Waals surface area contributed by atoms with Gasteiger partial charge in [-0.15, -0.1) is 0 Å². The quantitative estimate of drug-likeness (QED) is 0.407. The highest BCUT2D eigenvalue weighted by Gasteiger charge is 2.51. The standard InChI is InChI=1S/C23H30N2O5/c26-19(24-13-23-8-14-5-15(9-23)7-16(6-14)10-23)12-30-20(27)11-25-21(28)17-3-1-2-4-18(17)22(25)29/h1-2,14-18H,3-13H2,(H,24,26)/t14?,15?,16?,17-,18-,23?/m1/s1. The van der Waals surface area contributed by atoms with Gasteiger partial charge in [0.15, 0.2) is 6.61 Å². The average molecular weight is 415 g/mol. The van der Waals surface area contributed by atoms with Gasteiger partial charge in [0.2, 0.25) is 11.8 Å². The number of hydrogen-bond acceptors (Lipinski definition) is 5. The molecule has 1 aliphatic heterocycles. The maximum atomic E-state index is 12.4. The Morgan fingerprint density at radius 2 is 1.50 bits per heavy atom. The third kappa shape index (κ3) is 3.56. The van der Waals surface area contributed by atoms with Crippen molar-refractivity contribution in [2.75, 3.05) is 19.7 Å². The molecule has 30 heavy (non-hydrogen) atoms. The van der Waals surface area contributed by atoms with E-state index in [2.05, 4.69) is 5.32 Å². The van der Waals surface area contributed by atoms with E-state index in [0.717, 1.165) is 22.7 Å². The van der Waals surface area contributed by atoms with Crippen molar-refractivity contribution < 1.29 is 23.9 Å². The van der Waals surface area contributed by atoms with Crippen LogP contribution in [-0.2, 0) is 23.9 Å². The third-order valence-electron chi connectivity index (χ3n) is 8.08. The van der Waals surface area contributed by atoms with Crippen LogP contribution < -0.4 is 5.32 Å². The van der Waals surface area contributed by atoms with Crippen molar-refractivity contribution in [3.63, 3.8) is 0 Å². The molecule has 7 heteroatoms. The Kier molecular flexibility index (Phi) is 4.94. The molecule has 1 saturated heterocycles. The number of allylic oxidation sites excluding steroid dienone is 2. The molecule has 0 aromatic heterocycles. The number of imide groups is 1. The second-order valence-electron chi connectivity index (χ2n) is 10.3. The molecule has 0 aromatic rings. The molecule has 5 fully saturated rings. The first-order valence-corrected chi connectivity index (χ1v) is 11.3. The maximum Gasteiger partial charge on any atom is 0.326 e. The van der Waals surface area contributed by atoms with Crippen LogP contribution in [-0.4, -0.2) is 48.3 Å². The summed E-state index contributed by atoms with van der Waals surface area (Å²) in [6.45, 7) is -0.116. The number of carbonyl (C=O) groups is 4. The molecule has 7 nitrogen and oxygen atoms in total. The van der Waals surface area contributed by atoms with E-state index in [9.17, 15) is 19.2 Å². The largest absolute Gasteiger partial charge is 0.454 e.